The fourth-order valence-electron chi connectivity index (χ4n) is 6.01. The van der Waals surface area contributed by atoms with Crippen LogP contribution >= 0.6 is 0 Å². The third-order valence-corrected chi connectivity index (χ3v) is 12.7. The van der Waals surface area contributed by atoms with E-state index in [2.05, 4.69) is 25.1 Å². The van der Waals surface area contributed by atoms with Gasteiger partial charge in [-0.25, -0.2) is 21.6 Å². The van der Waals surface area contributed by atoms with Gasteiger partial charge in [-0.15, -0.1) is 10.2 Å². The molecule has 1 atom stereocenters. The summed E-state index contributed by atoms with van der Waals surface area (Å²) in [6.45, 7) is -0.528. The Morgan fingerprint density at radius 2 is 1.31 bits per heavy atom. The molecule has 2 aromatic heterocycles. The van der Waals surface area contributed by atoms with Crippen molar-refractivity contribution in [1.29, 1.82) is 0 Å². The van der Waals surface area contributed by atoms with Gasteiger partial charge in [-0.1, -0.05) is 42.5 Å². The number of pyridine rings is 1. The molecule has 4 aromatic carbocycles. The molecule has 58 heavy (non-hydrogen) atoms. The molecule has 0 aliphatic carbocycles. The van der Waals surface area contributed by atoms with Crippen LogP contribution in [0.2, 0.25) is 0 Å². The van der Waals surface area contributed by atoms with Gasteiger partial charge in [0.1, 0.15) is 27.0 Å². The molecule has 19 heteroatoms. The quantitative estimate of drug-likeness (QED) is 0.0974. The van der Waals surface area contributed by atoms with Crippen LogP contribution in [0.15, 0.2) is 113 Å². The summed E-state index contributed by atoms with van der Waals surface area (Å²) in [5.74, 6) is 1.60. The zero-order valence-electron chi connectivity index (χ0n) is 32.0. The Morgan fingerprint density at radius 1 is 0.759 bits per heavy atom. The lowest BCUT2D eigenvalue weighted by Crippen LogP contribution is -2.42. The Kier molecular flexibility index (Phi) is 13.0. The van der Waals surface area contributed by atoms with Crippen molar-refractivity contribution in [2.75, 3.05) is 40.2 Å². The number of nitrogens with one attached hydrogen (secondary N) is 1. The summed E-state index contributed by atoms with van der Waals surface area (Å²) < 4.78 is 79.6. The molecule has 6 aromatic rings. The van der Waals surface area contributed by atoms with Gasteiger partial charge in [-0.05, 0) is 76.0 Å². The van der Waals surface area contributed by atoms with E-state index in [-0.39, 0.29) is 55.4 Å². The maximum absolute atomic E-state index is 15.7. The van der Waals surface area contributed by atoms with E-state index >= 15 is 8.42 Å². The number of tetrazole rings is 1. The molecule has 0 bridgehead atoms. The minimum atomic E-state index is -4.86. The van der Waals surface area contributed by atoms with Gasteiger partial charge in [-0.3, -0.25) is 4.98 Å². The minimum absolute atomic E-state index is 0.0309. The molecule has 0 saturated carbocycles. The molecule has 2 heterocycles. The molecule has 7 N–H and O–H groups in total. The van der Waals surface area contributed by atoms with Gasteiger partial charge in [0.25, 0.3) is 0 Å². The predicted molar refractivity (Wildman–Crippen MR) is 218 cm³/mol. The average molecular weight is 829 g/mol. The van der Waals surface area contributed by atoms with Crippen molar-refractivity contribution in [3.8, 4) is 39.8 Å². The molecular weight excluding hydrogens is 785 g/mol. The second kappa shape index (κ2) is 18.1. The van der Waals surface area contributed by atoms with Crippen LogP contribution in [-0.2, 0) is 39.7 Å². The minimum Gasteiger partial charge on any atom is -0.497 e. The number of nitrogen functional groups attached to an aromatic ring is 1. The highest BCUT2D eigenvalue weighted by Gasteiger charge is 2.38. The molecule has 0 fully saturated rings. The van der Waals surface area contributed by atoms with E-state index < -0.39 is 35.9 Å². The lowest BCUT2D eigenvalue weighted by Gasteiger charge is -2.26. The Hall–Kier alpha value is -5.96. The number of nitrogens with two attached hydrogens (primary N) is 3. The van der Waals surface area contributed by atoms with Gasteiger partial charge >= 0.3 is 0 Å². The number of aromatic nitrogens is 5. The lowest BCUT2D eigenvalue weighted by atomic mass is 9.99. The molecule has 6 rings (SSSR count). The number of methoxy groups -OCH3 is 3. The molecule has 0 unspecified atom stereocenters. The molecule has 0 radical (unpaired) electrons. The number of hydrogen-bond donors (Lipinski definition) is 4. The van der Waals surface area contributed by atoms with Crippen molar-refractivity contribution in [2.24, 2.45) is 11.5 Å². The van der Waals surface area contributed by atoms with Gasteiger partial charge in [0.2, 0.25) is 25.9 Å². The highest BCUT2D eigenvalue weighted by Crippen LogP contribution is 2.42. The Morgan fingerprint density at radius 3 is 1.83 bits per heavy atom. The maximum Gasteiger partial charge on any atom is 0.245 e. The zero-order chi connectivity index (χ0) is 41.5. The van der Waals surface area contributed by atoms with E-state index in [1.807, 2.05) is 12.1 Å². The third-order valence-electron chi connectivity index (χ3n) is 9.19. The normalized spacial score (nSPS) is 12.4. The van der Waals surface area contributed by atoms with E-state index in [0.717, 1.165) is 5.56 Å². The van der Waals surface area contributed by atoms with E-state index in [1.165, 1.54) is 47.8 Å². The van der Waals surface area contributed by atoms with Gasteiger partial charge < -0.3 is 31.4 Å². The summed E-state index contributed by atoms with van der Waals surface area (Å²) in [4.78, 5) is 4.31. The number of ether oxygens (including phenoxy) is 3. The van der Waals surface area contributed by atoms with Crippen LogP contribution in [0.3, 0.4) is 0 Å². The van der Waals surface area contributed by atoms with Crippen LogP contribution < -0.4 is 36.1 Å². The van der Waals surface area contributed by atoms with E-state index in [1.54, 1.807) is 73.8 Å². The van der Waals surface area contributed by atoms with Crippen molar-refractivity contribution < 1.29 is 31.0 Å². The fourth-order valence-corrected chi connectivity index (χ4v) is 9.52. The van der Waals surface area contributed by atoms with Gasteiger partial charge in [-0.2, -0.15) is 9.10 Å². The Bertz CT molecular complexity index is 2500. The molecular formula is C39H44N10O7S2. The first-order valence-corrected chi connectivity index (χ1v) is 20.8. The van der Waals surface area contributed by atoms with Crippen LogP contribution in [-0.4, -0.2) is 86.8 Å². The summed E-state index contributed by atoms with van der Waals surface area (Å²) in [6.07, 6.45) is 2.93. The smallest absolute Gasteiger partial charge is 0.245 e. The molecule has 0 saturated heterocycles. The SMILES string of the molecule is COc1ccc(CN(Cc2ccc(OC)cc2)S(=O)(=O)c2c(S(=O)(=O)NC[C@@H](N)CN)ccc(-c3cnccc3N)c2-c2nnn(Cc3ccc(OC)cc3)n2)cc1. The van der Waals surface area contributed by atoms with Gasteiger partial charge in [0.15, 0.2) is 0 Å². The first-order valence-electron chi connectivity index (χ1n) is 17.9. The summed E-state index contributed by atoms with van der Waals surface area (Å²) in [5, 5.41) is 13.2. The number of benzene rings is 4. The second-order valence-corrected chi connectivity index (χ2v) is 16.7. The topological polar surface area (TPSA) is 246 Å². The van der Waals surface area contributed by atoms with Crippen molar-refractivity contribution in [3.05, 3.63) is 120 Å². The summed E-state index contributed by atoms with van der Waals surface area (Å²) in [6, 6.07) is 24.3. The van der Waals surface area contributed by atoms with E-state index in [4.69, 9.17) is 31.4 Å². The molecule has 0 spiro atoms. The van der Waals surface area contributed by atoms with Crippen LogP contribution in [0, 0.1) is 0 Å². The summed E-state index contributed by atoms with van der Waals surface area (Å²) in [7, 11) is -4.88. The lowest BCUT2D eigenvalue weighted by molar-refractivity contribution is 0.396. The molecule has 0 amide bonds. The predicted octanol–water partition coefficient (Wildman–Crippen LogP) is 3.01. The van der Waals surface area contributed by atoms with Gasteiger partial charge in [0, 0.05) is 55.9 Å². The second-order valence-electron chi connectivity index (χ2n) is 13.1. The number of hydrogen-bond acceptors (Lipinski definition) is 14. The maximum atomic E-state index is 15.7. The number of rotatable bonds is 18. The van der Waals surface area contributed by atoms with Crippen LogP contribution in [0.1, 0.15) is 16.7 Å². The largest absolute Gasteiger partial charge is 0.497 e. The average Bonchev–Trinajstić information content (AvgIpc) is 3.71. The van der Waals surface area contributed by atoms with Crippen LogP contribution in [0.5, 0.6) is 17.2 Å². The highest BCUT2D eigenvalue weighted by atomic mass is 32.2. The van der Waals surface area contributed by atoms with Crippen molar-refractivity contribution in [3.63, 3.8) is 0 Å². The molecule has 17 nitrogen and oxygen atoms in total. The first-order chi connectivity index (χ1) is 27.9. The summed E-state index contributed by atoms with van der Waals surface area (Å²) >= 11 is 0. The van der Waals surface area contributed by atoms with Crippen molar-refractivity contribution >= 4 is 25.7 Å². The van der Waals surface area contributed by atoms with E-state index in [9.17, 15) is 8.42 Å². The summed E-state index contributed by atoms with van der Waals surface area (Å²) in [5.41, 5.74) is 20.7. The van der Waals surface area contributed by atoms with Gasteiger partial charge in [0.05, 0.1) is 33.4 Å². The van der Waals surface area contributed by atoms with Crippen LogP contribution in [0.4, 0.5) is 5.69 Å². The Labute approximate surface area is 336 Å². The standard InChI is InChI=1S/C39H44N10O7S2/c1-54-30-10-4-26(5-11-30)23-48(24-27-6-12-31(55-2)13-7-27)58(52,53)38-36(57(50,51)44-21-29(41)20-40)17-16-33(34-22-43-19-18-35(34)42)37(38)39-45-47-49(46-39)25-28-8-14-32(56-3)15-9-28/h4-19,22,29,44H,20-21,23-25,40-41H2,1-3H3,(H2,42,43)/t29-/m0/s1. The fraction of sp³-hybridized carbons (Fsp3) is 0.231. The number of anilines is 1. The number of sulfonamides is 2. The van der Waals surface area contributed by atoms with Crippen LogP contribution in [0.25, 0.3) is 22.5 Å². The third kappa shape index (κ3) is 9.42. The zero-order valence-corrected chi connectivity index (χ0v) is 33.7. The number of nitrogens with zero attached hydrogens (tertiary/aromatic N) is 6. The first kappa shape index (κ1) is 41.7. The van der Waals surface area contributed by atoms with Crippen molar-refractivity contribution in [2.45, 2.75) is 35.5 Å². The molecule has 304 valence electrons. The van der Waals surface area contributed by atoms with Crippen molar-refractivity contribution in [1.82, 2.24) is 34.2 Å². The van der Waals surface area contributed by atoms with E-state index in [0.29, 0.717) is 33.9 Å². The highest BCUT2D eigenvalue weighted by molar-refractivity contribution is 7.92. The molecule has 0 aliphatic heterocycles. The Balaban J connectivity index is 1.62. The monoisotopic (exact) mass is 828 g/mol. The molecule has 0 aliphatic rings.